The van der Waals surface area contributed by atoms with E-state index in [1.165, 1.54) is 27.2 Å². The lowest BCUT2D eigenvalue weighted by Crippen LogP contribution is -2.37. The molecule has 0 aliphatic carbocycles. The van der Waals surface area contributed by atoms with E-state index in [1.807, 2.05) is 0 Å². The highest BCUT2D eigenvalue weighted by Crippen LogP contribution is 2.27. The Labute approximate surface area is 117 Å². The summed E-state index contributed by atoms with van der Waals surface area (Å²) in [6.07, 6.45) is 2.83. The first kappa shape index (κ1) is 15.6. The second-order valence-electron chi connectivity index (χ2n) is 4.02. The normalized spacial score (nSPS) is 11.9. The number of carboxylic acid groups (broad SMARTS) is 1. The maximum Gasteiger partial charge on any atom is 0.325 e. The van der Waals surface area contributed by atoms with E-state index in [-0.39, 0.29) is 0 Å². The van der Waals surface area contributed by atoms with Crippen molar-refractivity contribution in [2.45, 2.75) is 13.0 Å². The second kappa shape index (κ2) is 7.18. The third kappa shape index (κ3) is 4.31. The second-order valence-corrected chi connectivity index (χ2v) is 4.02. The summed E-state index contributed by atoms with van der Waals surface area (Å²) >= 11 is 0. The Morgan fingerprint density at radius 3 is 2.45 bits per heavy atom. The van der Waals surface area contributed by atoms with Crippen molar-refractivity contribution in [2.75, 3.05) is 14.2 Å². The molecule has 0 aliphatic heterocycles. The molecule has 0 bridgehead atoms. The van der Waals surface area contributed by atoms with E-state index in [2.05, 4.69) is 5.32 Å². The van der Waals surface area contributed by atoms with Crippen LogP contribution >= 0.6 is 0 Å². The molecule has 0 fully saturated rings. The van der Waals surface area contributed by atoms with E-state index < -0.39 is 17.9 Å². The molecule has 6 nitrogen and oxygen atoms in total. The first-order valence-electron chi connectivity index (χ1n) is 5.91. The molecule has 1 aromatic carbocycles. The van der Waals surface area contributed by atoms with E-state index >= 15 is 0 Å². The van der Waals surface area contributed by atoms with Gasteiger partial charge in [-0.2, -0.15) is 0 Å². The van der Waals surface area contributed by atoms with Gasteiger partial charge < -0.3 is 19.9 Å². The van der Waals surface area contributed by atoms with Crippen LogP contribution in [0.25, 0.3) is 6.08 Å². The number of methoxy groups -OCH3 is 2. The molecule has 1 rings (SSSR count). The molecule has 1 atom stereocenters. The summed E-state index contributed by atoms with van der Waals surface area (Å²) < 4.78 is 10.2. The average molecular weight is 279 g/mol. The minimum atomic E-state index is -1.09. The van der Waals surface area contributed by atoms with E-state index in [4.69, 9.17) is 14.6 Å². The van der Waals surface area contributed by atoms with Crippen LogP contribution in [0, 0.1) is 0 Å². The van der Waals surface area contributed by atoms with Gasteiger partial charge in [0.1, 0.15) is 6.04 Å². The molecule has 0 spiro atoms. The summed E-state index contributed by atoms with van der Waals surface area (Å²) in [5.74, 6) is -0.421. The van der Waals surface area contributed by atoms with Crippen LogP contribution < -0.4 is 14.8 Å². The van der Waals surface area contributed by atoms with Crippen molar-refractivity contribution < 1.29 is 24.2 Å². The van der Waals surface area contributed by atoms with Crippen molar-refractivity contribution in [2.24, 2.45) is 0 Å². The zero-order chi connectivity index (χ0) is 15.1. The molecule has 108 valence electrons. The summed E-state index contributed by atoms with van der Waals surface area (Å²) in [6.45, 7) is 1.39. The largest absolute Gasteiger partial charge is 0.493 e. The molecule has 0 saturated carbocycles. The number of ether oxygens (including phenoxy) is 2. The molecule has 0 aliphatic rings. The monoisotopic (exact) mass is 279 g/mol. The van der Waals surface area contributed by atoms with E-state index in [1.54, 1.807) is 24.3 Å². The number of aliphatic carboxylic acids is 1. The van der Waals surface area contributed by atoms with Crippen LogP contribution in [-0.2, 0) is 9.59 Å². The highest BCUT2D eigenvalue weighted by molar-refractivity contribution is 5.94. The average Bonchev–Trinajstić information content (AvgIpc) is 2.44. The van der Waals surface area contributed by atoms with Gasteiger partial charge >= 0.3 is 5.97 Å². The first-order valence-corrected chi connectivity index (χ1v) is 5.91. The van der Waals surface area contributed by atoms with E-state index in [9.17, 15) is 9.59 Å². The zero-order valence-electron chi connectivity index (χ0n) is 11.5. The maximum absolute atomic E-state index is 11.5. The van der Waals surface area contributed by atoms with Gasteiger partial charge in [-0.25, -0.2) is 0 Å². The summed E-state index contributed by atoms with van der Waals surface area (Å²) in [7, 11) is 3.06. The van der Waals surface area contributed by atoms with Crippen molar-refractivity contribution in [3.63, 3.8) is 0 Å². The van der Waals surface area contributed by atoms with Gasteiger partial charge in [0, 0.05) is 6.08 Å². The number of hydrogen-bond acceptors (Lipinski definition) is 4. The van der Waals surface area contributed by atoms with Gasteiger partial charge in [-0.1, -0.05) is 6.07 Å². The lowest BCUT2D eigenvalue weighted by atomic mass is 10.2. The smallest absolute Gasteiger partial charge is 0.325 e. The van der Waals surface area contributed by atoms with Crippen LogP contribution in [0.15, 0.2) is 24.3 Å². The number of carbonyl (C=O) groups excluding carboxylic acids is 1. The van der Waals surface area contributed by atoms with Crippen LogP contribution in [0.2, 0.25) is 0 Å². The molecule has 20 heavy (non-hydrogen) atoms. The fraction of sp³-hybridized carbons (Fsp3) is 0.286. The van der Waals surface area contributed by atoms with E-state index in [0.29, 0.717) is 11.5 Å². The number of nitrogens with one attached hydrogen (secondary N) is 1. The summed E-state index contributed by atoms with van der Waals surface area (Å²) in [4.78, 5) is 22.1. The lowest BCUT2D eigenvalue weighted by Gasteiger charge is -2.08. The molecule has 1 amide bonds. The number of benzene rings is 1. The fourth-order valence-corrected chi connectivity index (χ4v) is 1.45. The topological polar surface area (TPSA) is 84.9 Å². The third-order valence-corrected chi connectivity index (χ3v) is 2.56. The zero-order valence-corrected chi connectivity index (χ0v) is 11.5. The Morgan fingerprint density at radius 2 is 1.90 bits per heavy atom. The molecule has 0 aromatic heterocycles. The van der Waals surface area contributed by atoms with Crippen LogP contribution in [0.5, 0.6) is 11.5 Å². The predicted molar refractivity (Wildman–Crippen MR) is 73.8 cm³/mol. The molecular formula is C14H17NO5. The van der Waals surface area contributed by atoms with Crippen molar-refractivity contribution in [1.82, 2.24) is 5.32 Å². The molecule has 0 radical (unpaired) electrons. The Hall–Kier alpha value is -2.50. The van der Waals surface area contributed by atoms with E-state index in [0.717, 1.165) is 5.56 Å². The minimum Gasteiger partial charge on any atom is -0.493 e. The molecule has 6 heteroatoms. The van der Waals surface area contributed by atoms with Gasteiger partial charge in [-0.15, -0.1) is 0 Å². The van der Waals surface area contributed by atoms with Gasteiger partial charge in [-0.05, 0) is 30.7 Å². The maximum atomic E-state index is 11.5. The number of hydrogen-bond donors (Lipinski definition) is 2. The van der Waals surface area contributed by atoms with Crippen molar-refractivity contribution in [1.29, 1.82) is 0 Å². The number of carboxylic acids is 1. The van der Waals surface area contributed by atoms with Gasteiger partial charge in [0.05, 0.1) is 14.2 Å². The molecular weight excluding hydrogens is 262 g/mol. The van der Waals surface area contributed by atoms with Crippen LogP contribution in [0.4, 0.5) is 0 Å². The first-order chi connectivity index (χ1) is 9.47. The van der Waals surface area contributed by atoms with Crippen molar-refractivity contribution >= 4 is 18.0 Å². The number of carbonyl (C=O) groups is 2. The SMILES string of the molecule is COc1ccc(/C=C/C(=O)N[C@@H](C)C(=O)O)cc1OC. The molecule has 2 N–H and O–H groups in total. The van der Waals surface area contributed by atoms with Crippen LogP contribution in [0.1, 0.15) is 12.5 Å². The third-order valence-electron chi connectivity index (χ3n) is 2.56. The lowest BCUT2D eigenvalue weighted by molar-refractivity contribution is -0.140. The Balaban J connectivity index is 2.75. The molecule has 0 saturated heterocycles. The fourth-order valence-electron chi connectivity index (χ4n) is 1.45. The highest BCUT2D eigenvalue weighted by atomic mass is 16.5. The van der Waals surface area contributed by atoms with Crippen molar-refractivity contribution in [3.8, 4) is 11.5 Å². The minimum absolute atomic E-state index is 0.477. The Bertz CT molecular complexity index is 524. The number of rotatable bonds is 6. The van der Waals surface area contributed by atoms with Crippen LogP contribution in [0.3, 0.4) is 0 Å². The summed E-state index contributed by atoms with van der Waals surface area (Å²) in [6, 6.07) is 4.25. The standard InChI is InChI=1S/C14H17NO5/c1-9(14(17)18)15-13(16)7-5-10-4-6-11(19-2)12(8-10)20-3/h4-9H,1-3H3,(H,15,16)(H,17,18)/b7-5+/t9-/m0/s1. The Morgan fingerprint density at radius 1 is 1.25 bits per heavy atom. The summed E-state index contributed by atoms with van der Waals surface area (Å²) in [5.41, 5.74) is 0.737. The predicted octanol–water partition coefficient (Wildman–Crippen LogP) is 1.31. The molecule has 0 heterocycles. The molecule has 1 aromatic rings. The van der Waals surface area contributed by atoms with Crippen LogP contribution in [-0.4, -0.2) is 37.2 Å². The number of amides is 1. The van der Waals surface area contributed by atoms with Gasteiger partial charge in [0.25, 0.3) is 0 Å². The van der Waals surface area contributed by atoms with Gasteiger partial charge in [0.2, 0.25) is 5.91 Å². The van der Waals surface area contributed by atoms with Gasteiger partial charge in [-0.3, -0.25) is 9.59 Å². The van der Waals surface area contributed by atoms with Gasteiger partial charge in [0.15, 0.2) is 11.5 Å². The quantitative estimate of drug-likeness (QED) is 0.767. The highest BCUT2D eigenvalue weighted by Gasteiger charge is 2.11. The van der Waals surface area contributed by atoms with Crippen molar-refractivity contribution in [3.05, 3.63) is 29.8 Å². The summed E-state index contributed by atoms with van der Waals surface area (Å²) in [5, 5.41) is 11.0. The Kier molecular flexibility index (Phi) is 5.58. The molecule has 0 unspecified atom stereocenters.